The summed E-state index contributed by atoms with van der Waals surface area (Å²) in [7, 11) is -3.99. The van der Waals surface area contributed by atoms with Gasteiger partial charge in [0.05, 0.1) is 30.4 Å². The zero-order chi connectivity index (χ0) is 25.6. The SMILES string of the molecule is O=C(O)c1cc(S(=O)(=O)N2c3ccc(C4COC4)cc3CCC2C2CC2)ccc1OCC1CCOCC1. The number of nitrogens with zero attached hydrogens (tertiary/aromatic N) is 1. The molecular formula is C28H33NO7S. The summed E-state index contributed by atoms with van der Waals surface area (Å²) in [5, 5.41) is 9.90. The highest BCUT2D eigenvalue weighted by Gasteiger charge is 2.44. The Labute approximate surface area is 217 Å². The average molecular weight is 528 g/mol. The van der Waals surface area contributed by atoms with Crippen LogP contribution in [0, 0.1) is 11.8 Å². The molecule has 198 valence electrons. The van der Waals surface area contributed by atoms with Crippen LogP contribution in [0.5, 0.6) is 5.75 Å². The number of benzene rings is 2. The molecule has 6 rings (SSSR count). The number of ether oxygens (including phenoxy) is 3. The van der Waals surface area contributed by atoms with E-state index >= 15 is 0 Å². The normalized spacial score (nSPS) is 22.8. The smallest absolute Gasteiger partial charge is 0.339 e. The minimum atomic E-state index is -3.99. The first kappa shape index (κ1) is 24.7. The van der Waals surface area contributed by atoms with Crippen molar-refractivity contribution >= 4 is 21.7 Å². The monoisotopic (exact) mass is 527 g/mol. The van der Waals surface area contributed by atoms with Crippen molar-refractivity contribution in [3.63, 3.8) is 0 Å². The van der Waals surface area contributed by atoms with Gasteiger partial charge in [-0.1, -0.05) is 12.1 Å². The third-order valence-electron chi connectivity index (χ3n) is 8.18. The number of hydrogen-bond donors (Lipinski definition) is 1. The van der Waals surface area contributed by atoms with Gasteiger partial charge in [-0.3, -0.25) is 4.31 Å². The quantitative estimate of drug-likeness (QED) is 0.548. The van der Waals surface area contributed by atoms with E-state index < -0.39 is 16.0 Å². The summed E-state index contributed by atoms with van der Waals surface area (Å²) in [5.74, 6) is -0.0152. The fraction of sp³-hybridized carbons (Fsp3) is 0.536. The van der Waals surface area contributed by atoms with Gasteiger partial charge in [-0.2, -0.15) is 0 Å². The molecule has 0 spiro atoms. The van der Waals surface area contributed by atoms with Crippen LogP contribution in [0.3, 0.4) is 0 Å². The summed E-state index contributed by atoms with van der Waals surface area (Å²) in [5.41, 5.74) is 2.80. The van der Waals surface area contributed by atoms with E-state index in [-0.39, 0.29) is 22.3 Å². The Morgan fingerprint density at radius 2 is 1.78 bits per heavy atom. The Morgan fingerprint density at radius 3 is 2.46 bits per heavy atom. The Kier molecular flexibility index (Phi) is 6.63. The molecule has 4 aliphatic rings. The van der Waals surface area contributed by atoms with E-state index in [9.17, 15) is 18.3 Å². The number of anilines is 1. The largest absolute Gasteiger partial charge is 0.492 e. The van der Waals surface area contributed by atoms with E-state index in [1.54, 1.807) is 4.31 Å². The van der Waals surface area contributed by atoms with Crippen LogP contribution in [0.2, 0.25) is 0 Å². The van der Waals surface area contributed by atoms with Crippen LogP contribution in [-0.2, 0) is 25.9 Å². The minimum Gasteiger partial charge on any atom is -0.492 e. The number of fused-ring (bicyclic) bond motifs is 1. The van der Waals surface area contributed by atoms with Crippen LogP contribution in [0.4, 0.5) is 5.69 Å². The van der Waals surface area contributed by atoms with Crippen LogP contribution in [0.15, 0.2) is 41.3 Å². The van der Waals surface area contributed by atoms with Gasteiger partial charge in [0, 0.05) is 25.2 Å². The van der Waals surface area contributed by atoms with E-state index in [1.165, 1.54) is 23.8 Å². The zero-order valence-corrected chi connectivity index (χ0v) is 21.6. The summed E-state index contributed by atoms with van der Waals surface area (Å²) in [4.78, 5) is 12.1. The summed E-state index contributed by atoms with van der Waals surface area (Å²) in [6, 6.07) is 10.2. The van der Waals surface area contributed by atoms with E-state index in [2.05, 4.69) is 6.07 Å². The second-order valence-electron chi connectivity index (χ2n) is 10.7. The van der Waals surface area contributed by atoms with E-state index in [0.717, 1.165) is 44.1 Å². The van der Waals surface area contributed by atoms with E-state index in [0.29, 0.717) is 56.5 Å². The van der Waals surface area contributed by atoms with Gasteiger partial charge >= 0.3 is 5.97 Å². The molecule has 1 unspecified atom stereocenters. The lowest BCUT2D eigenvalue weighted by atomic mass is 9.90. The fourth-order valence-corrected chi connectivity index (χ4v) is 7.52. The molecule has 3 fully saturated rings. The molecular weight excluding hydrogens is 494 g/mol. The number of aromatic carboxylic acids is 1. The van der Waals surface area contributed by atoms with Crippen LogP contribution < -0.4 is 9.04 Å². The maximum Gasteiger partial charge on any atom is 0.339 e. The second-order valence-corrected chi connectivity index (χ2v) is 12.5. The van der Waals surface area contributed by atoms with Crippen molar-refractivity contribution in [2.45, 2.75) is 55.4 Å². The molecule has 0 radical (unpaired) electrons. The van der Waals surface area contributed by atoms with E-state index in [1.807, 2.05) is 12.1 Å². The van der Waals surface area contributed by atoms with Gasteiger partial charge in [0.1, 0.15) is 11.3 Å². The van der Waals surface area contributed by atoms with E-state index in [4.69, 9.17) is 14.2 Å². The minimum absolute atomic E-state index is 0.0155. The van der Waals surface area contributed by atoms with Crippen LogP contribution in [0.25, 0.3) is 0 Å². The zero-order valence-electron chi connectivity index (χ0n) is 20.8. The molecule has 1 saturated carbocycles. The average Bonchev–Trinajstić information content (AvgIpc) is 3.71. The Bertz CT molecular complexity index is 1280. The van der Waals surface area contributed by atoms with Gasteiger partial charge in [0.15, 0.2) is 0 Å². The summed E-state index contributed by atoms with van der Waals surface area (Å²) in [6.07, 6.45) is 5.36. The number of carbonyl (C=O) groups is 1. The van der Waals surface area contributed by atoms with Crippen molar-refractivity contribution in [3.05, 3.63) is 53.1 Å². The maximum atomic E-state index is 14.1. The number of aryl methyl sites for hydroxylation is 1. The number of carboxylic acids is 1. The molecule has 1 atom stereocenters. The van der Waals surface area contributed by atoms with Crippen LogP contribution in [-0.4, -0.2) is 58.6 Å². The summed E-state index contributed by atoms with van der Waals surface area (Å²) >= 11 is 0. The molecule has 37 heavy (non-hydrogen) atoms. The topological polar surface area (TPSA) is 102 Å². The van der Waals surface area contributed by atoms with Gasteiger partial charge in [-0.25, -0.2) is 13.2 Å². The third kappa shape index (κ3) is 4.84. The lowest BCUT2D eigenvalue weighted by molar-refractivity contribution is 0.00839. The first-order valence-corrected chi connectivity index (χ1v) is 14.7. The van der Waals surface area contributed by atoms with Crippen LogP contribution in [0.1, 0.15) is 59.5 Å². The Balaban J connectivity index is 1.32. The Morgan fingerprint density at radius 1 is 1.00 bits per heavy atom. The van der Waals surface area contributed by atoms with Gasteiger partial charge in [-0.15, -0.1) is 0 Å². The lowest BCUT2D eigenvalue weighted by Crippen LogP contribution is -2.45. The van der Waals surface area contributed by atoms with Crippen molar-refractivity contribution in [2.24, 2.45) is 11.8 Å². The molecule has 1 N–H and O–H groups in total. The fourth-order valence-electron chi connectivity index (χ4n) is 5.71. The van der Waals surface area contributed by atoms with Gasteiger partial charge < -0.3 is 19.3 Å². The molecule has 0 amide bonds. The van der Waals surface area contributed by atoms with Gasteiger partial charge in [0.2, 0.25) is 0 Å². The number of carboxylic acid groups (broad SMARTS) is 1. The number of sulfonamides is 1. The second kappa shape index (κ2) is 9.93. The number of hydrogen-bond acceptors (Lipinski definition) is 6. The molecule has 0 aromatic heterocycles. The molecule has 0 bridgehead atoms. The van der Waals surface area contributed by atoms with Crippen molar-refractivity contribution in [3.8, 4) is 5.75 Å². The number of rotatable bonds is 8. The predicted octanol–water partition coefficient (Wildman–Crippen LogP) is 4.22. The summed E-state index contributed by atoms with van der Waals surface area (Å²) < 4.78 is 46.4. The highest BCUT2D eigenvalue weighted by Crippen LogP contribution is 2.46. The molecule has 2 aromatic carbocycles. The highest BCUT2D eigenvalue weighted by molar-refractivity contribution is 7.92. The Hall–Kier alpha value is -2.62. The molecule has 3 heterocycles. The van der Waals surface area contributed by atoms with Gasteiger partial charge in [-0.05, 0) is 85.8 Å². The predicted molar refractivity (Wildman–Crippen MR) is 137 cm³/mol. The van der Waals surface area contributed by atoms with Crippen LogP contribution >= 0.6 is 0 Å². The molecule has 1 aliphatic carbocycles. The molecule has 2 aromatic rings. The van der Waals surface area contributed by atoms with Crippen molar-refractivity contribution in [1.29, 1.82) is 0 Å². The third-order valence-corrected chi connectivity index (χ3v) is 10.0. The van der Waals surface area contributed by atoms with Crippen molar-refractivity contribution in [1.82, 2.24) is 0 Å². The van der Waals surface area contributed by atoms with Crippen molar-refractivity contribution < 1.29 is 32.5 Å². The van der Waals surface area contributed by atoms with Gasteiger partial charge in [0.25, 0.3) is 10.0 Å². The standard InChI is InChI=1S/C28H33NO7S/c30-28(31)24-14-23(5-8-27(24)36-15-18-9-11-34-12-10-18)37(32,33)29-25(19-1-2-19)7-4-21-13-20(3-6-26(21)29)22-16-35-17-22/h3,5-6,8,13-14,18-19,22,25H,1-2,4,7,9-12,15-17H2,(H,30,31). The molecule has 8 nitrogen and oxygen atoms in total. The highest BCUT2D eigenvalue weighted by atomic mass is 32.2. The van der Waals surface area contributed by atoms with Crippen molar-refractivity contribution in [2.75, 3.05) is 37.3 Å². The molecule has 2 saturated heterocycles. The summed E-state index contributed by atoms with van der Waals surface area (Å²) in [6.45, 7) is 3.13. The molecule has 3 aliphatic heterocycles. The molecule has 9 heteroatoms. The first-order chi connectivity index (χ1) is 17.9. The maximum absolute atomic E-state index is 14.1. The first-order valence-electron chi connectivity index (χ1n) is 13.2. The lowest BCUT2D eigenvalue weighted by Gasteiger charge is -2.39.